The highest BCUT2D eigenvalue weighted by Gasteiger charge is 2.50. The molecule has 0 spiro atoms. The van der Waals surface area contributed by atoms with Gasteiger partial charge >= 0.3 is 5.97 Å². The van der Waals surface area contributed by atoms with Gasteiger partial charge in [0, 0.05) is 32.0 Å². The molecule has 2 heterocycles. The first-order valence-electron chi connectivity index (χ1n) is 8.91. The molecule has 1 amide bonds. The molecule has 1 aromatic heterocycles. The van der Waals surface area contributed by atoms with Crippen LogP contribution in [-0.2, 0) is 22.4 Å². The van der Waals surface area contributed by atoms with Gasteiger partial charge in [-0.05, 0) is 30.5 Å². The number of nitrogens with zero attached hydrogens (tertiary/aromatic N) is 1. The van der Waals surface area contributed by atoms with Crippen LogP contribution in [0.2, 0.25) is 0 Å². The van der Waals surface area contributed by atoms with Crippen molar-refractivity contribution < 1.29 is 28.7 Å². The summed E-state index contributed by atoms with van der Waals surface area (Å²) in [5.74, 6) is -1.60. The Morgan fingerprint density at radius 1 is 1.32 bits per heavy atom. The molecule has 1 aliphatic heterocycles. The Morgan fingerprint density at radius 3 is 2.64 bits per heavy atom. The van der Waals surface area contributed by atoms with Crippen molar-refractivity contribution in [1.82, 2.24) is 10.1 Å². The number of piperidine rings is 1. The number of halogens is 1. The number of hydrogen-bond donors (Lipinski definition) is 3. The smallest absolute Gasteiger partial charge is 0.314 e. The third-order valence-corrected chi connectivity index (χ3v) is 5.15. The molecule has 1 saturated heterocycles. The zero-order chi connectivity index (χ0) is 20.3. The monoisotopic (exact) mass is 392 g/mol. The molecule has 2 aromatic rings. The summed E-state index contributed by atoms with van der Waals surface area (Å²) in [6.07, 6.45) is -0.793. The molecular weight excluding hydrogens is 371 g/mol. The minimum atomic E-state index is -1.58. The van der Waals surface area contributed by atoms with Crippen LogP contribution in [0.15, 0.2) is 39.6 Å². The van der Waals surface area contributed by atoms with Gasteiger partial charge in [-0.1, -0.05) is 12.1 Å². The van der Waals surface area contributed by atoms with E-state index in [-0.39, 0.29) is 44.7 Å². The molecule has 1 aliphatic rings. The number of carbonyl (C=O) groups is 2. The molecule has 8 nitrogen and oxygen atoms in total. The number of aliphatic hydroxyl groups excluding tert-OH is 1. The predicted molar refractivity (Wildman–Crippen MR) is 95.0 cm³/mol. The fraction of sp³-hybridized carbons (Fsp3) is 0.421. The largest absolute Gasteiger partial charge is 0.481 e. The SMILES string of the molecule is O=C(CCc1cc(=O)[nH]o1)N1CC[C@H](O)[C@](Cc2ccc(F)cc2)(C(=O)O)C1. The van der Waals surface area contributed by atoms with Gasteiger partial charge < -0.3 is 19.6 Å². The predicted octanol–water partition coefficient (Wildman–Crippen LogP) is 0.946. The highest BCUT2D eigenvalue weighted by atomic mass is 19.1. The van der Waals surface area contributed by atoms with Crippen LogP contribution in [0.5, 0.6) is 0 Å². The van der Waals surface area contributed by atoms with Crippen LogP contribution in [0.25, 0.3) is 0 Å². The number of amides is 1. The van der Waals surface area contributed by atoms with E-state index in [1.165, 1.54) is 35.2 Å². The first-order chi connectivity index (χ1) is 13.3. The van der Waals surface area contributed by atoms with Gasteiger partial charge in [0.15, 0.2) is 0 Å². The van der Waals surface area contributed by atoms with Crippen molar-refractivity contribution in [3.05, 3.63) is 57.8 Å². The number of benzene rings is 1. The normalized spacial score (nSPS) is 22.2. The third kappa shape index (κ3) is 4.14. The highest BCUT2D eigenvalue weighted by Crippen LogP contribution is 2.35. The van der Waals surface area contributed by atoms with Gasteiger partial charge in [0.25, 0.3) is 5.56 Å². The number of carboxylic acids is 1. The standard InChI is InChI=1S/C19H21FN2O6/c20-13-3-1-12(2-4-13)10-19(18(26)27)11-22(8-7-15(19)23)17(25)6-5-14-9-16(24)21-28-14/h1-4,9,15,23H,5-8,10-11H2,(H,21,24)(H,26,27)/t15-,19+/m0/s1. The molecule has 9 heteroatoms. The zero-order valence-electron chi connectivity index (χ0n) is 15.1. The topological polar surface area (TPSA) is 124 Å². The van der Waals surface area contributed by atoms with Crippen molar-refractivity contribution in [3.8, 4) is 0 Å². The Morgan fingerprint density at radius 2 is 2.04 bits per heavy atom. The number of aromatic nitrogens is 1. The maximum atomic E-state index is 13.1. The minimum absolute atomic E-state index is 0.0275. The molecule has 3 N–H and O–H groups in total. The van der Waals surface area contributed by atoms with Crippen molar-refractivity contribution in [2.24, 2.45) is 5.41 Å². The minimum Gasteiger partial charge on any atom is -0.481 e. The van der Waals surface area contributed by atoms with Crippen LogP contribution >= 0.6 is 0 Å². The molecule has 0 unspecified atom stereocenters. The van der Waals surface area contributed by atoms with E-state index < -0.39 is 28.9 Å². The van der Waals surface area contributed by atoms with Crippen molar-refractivity contribution in [3.63, 3.8) is 0 Å². The second-order valence-electron chi connectivity index (χ2n) is 7.06. The van der Waals surface area contributed by atoms with Gasteiger partial charge in [-0.25, -0.2) is 4.39 Å². The average Bonchev–Trinajstić information content (AvgIpc) is 3.08. The van der Waals surface area contributed by atoms with Crippen molar-refractivity contribution >= 4 is 11.9 Å². The lowest BCUT2D eigenvalue weighted by atomic mass is 9.72. The molecule has 3 rings (SSSR count). The van der Waals surface area contributed by atoms with Crippen molar-refractivity contribution in [2.75, 3.05) is 13.1 Å². The van der Waals surface area contributed by atoms with Crippen LogP contribution in [0.3, 0.4) is 0 Å². The van der Waals surface area contributed by atoms with Gasteiger partial charge in [0.2, 0.25) is 5.91 Å². The first-order valence-corrected chi connectivity index (χ1v) is 8.91. The van der Waals surface area contributed by atoms with Crippen LogP contribution in [0, 0.1) is 11.2 Å². The molecule has 0 radical (unpaired) electrons. The molecule has 1 fully saturated rings. The number of carbonyl (C=O) groups excluding carboxylic acids is 1. The number of aliphatic carboxylic acids is 1. The number of hydrogen-bond acceptors (Lipinski definition) is 5. The number of aliphatic hydroxyl groups is 1. The second-order valence-corrected chi connectivity index (χ2v) is 7.06. The summed E-state index contributed by atoms with van der Waals surface area (Å²) in [6.45, 7) is 0.0757. The summed E-state index contributed by atoms with van der Waals surface area (Å²) in [4.78, 5) is 37.1. The molecule has 28 heavy (non-hydrogen) atoms. The van der Waals surface area contributed by atoms with Crippen molar-refractivity contribution in [1.29, 1.82) is 0 Å². The number of likely N-dealkylation sites (tertiary alicyclic amines) is 1. The van der Waals surface area contributed by atoms with E-state index in [0.717, 1.165) is 0 Å². The van der Waals surface area contributed by atoms with Gasteiger partial charge in [-0.2, -0.15) is 5.16 Å². The molecule has 150 valence electrons. The lowest BCUT2D eigenvalue weighted by Gasteiger charge is -2.43. The quantitative estimate of drug-likeness (QED) is 0.672. The number of rotatable bonds is 6. The zero-order valence-corrected chi connectivity index (χ0v) is 15.1. The van der Waals surface area contributed by atoms with E-state index in [9.17, 15) is 29.0 Å². The summed E-state index contributed by atoms with van der Waals surface area (Å²) in [7, 11) is 0. The maximum Gasteiger partial charge on any atom is 0.314 e. The molecule has 2 atom stereocenters. The van der Waals surface area contributed by atoms with Crippen LogP contribution in [-0.4, -0.2) is 51.3 Å². The van der Waals surface area contributed by atoms with E-state index in [1.807, 2.05) is 0 Å². The van der Waals surface area contributed by atoms with Crippen LogP contribution in [0.4, 0.5) is 4.39 Å². The summed E-state index contributed by atoms with van der Waals surface area (Å²) < 4.78 is 18.1. The van der Waals surface area contributed by atoms with Gasteiger partial charge in [0.1, 0.15) is 17.0 Å². The fourth-order valence-corrected chi connectivity index (χ4v) is 3.55. The Bertz CT molecular complexity index is 906. The summed E-state index contributed by atoms with van der Waals surface area (Å²) in [6, 6.07) is 6.66. The van der Waals surface area contributed by atoms with Crippen LogP contribution in [0.1, 0.15) is 24.2 Å². The van der Waals surface area contributed by atoms with E-state index in [1.54, 1.807) is 0 Å². The summed E-state index contributed by atoms with van der Waals surface area (Å²) >= 11 is 0. The fourth-order valence-electron chi connectivity index (χ4n) is 3.55. The lowest BCUT2D eigenvalue weighted by Crippen LogP contribution is -2.58. The second kappa shape index (κ2) is 7.97. The Hall–Kier alpha value is -2.94. The lowest BCUT2D eigenvalue weighted by molar-refractivity contribution is -0.165. The first kappa shape index (κ1) is 19.8. The van der Waals surface area contributed by atoms with E-state index in [2.05, 4.69) is 5.16 Å². The molecule has 0 aliphatic carbocycles. The Labute approximate surface area is 159 Å². The molecule has 0 saturated carbocycles. The van der Waals surface area contributed by atoms with Crippen molar-refractivity contribution in [2.45, 2.75) is 31.8 Å². The van der Waals surface area contributed by atoms with Gasteiger partial charge in [-0.3, -0.25) is 14.4 Å². The third-order valence-electron chi connectivity index (χ3n) is 5.15. The van der Waals surface area contributed by atoms with Crippen LogP contribution < -0.4 is 5.56 Å². The molecular formula is C19H21FN2O6. The van der Waals surface area contributed by atoms with E-state index in [0.29, 0.717) is 11.3 Å². The van der Waals surface area contributed by atoms with E-state index in [4.69, 9.17) is 4.52 Å². The number of nitrogens with one attached hydrogen (secondary N) is 1. The van der Waals surface area contributed by atoms with E-state index >= 15 is 0 Å². The number of carboxylic acid groups (broad SMARTS) is 1. The Balaban J connectivity index is 1.74. The molecule has 1 aromatic carbocycles. The molecule has 0 bridgehead atoms. The summed E-state index contributed by atoms with van der Waals surface area (Å²) in [5, 5.41) is 22.5. The number of aryl methyl sites for hydroxylation is 1. The Kier molecular flexibility index (Phi) is 5.64. The van der Waals surface area contributed by atoms with Gasteiger partial charge in [-0.15, -0.1) is 0 Å². The summed E-state index contributed by atoms with van der Waals surface area (Å²) in [5.41, 5.74) is -1.41. The average molecular weight is 392 g/mol. The maximum absolute atomic E-state index is 13.1. The number of H-pyrrole nitrogens is 1. The van der Waals surface area contributed by atoms with Gasteiger partial charge in [0.05, 0.1) is 6.10 Å². The number of aromatic amines is 1. The highest BCUT2D eigenvalue weighted by molar-refractivity contribution is 5.80.